The van der Waals surface area contributed by atoms with Gasteiger partial charge in [-0.05, 0) is 47.5 Å². The summed E-state index contributed by atoms with van der Waals surface area (Å²) in [4.78, 5) is 16.1. The van der Waals surface area contributed by atoms with Crippen molar-refractivity contribution in [2.75, 3.05) is 7.11 Å². The van der Waals surface area contributed by atoms with Gasteiger partial charge >= 0.3 is 0 Å². The average Bonchev–Trinajstić information content (AvgIpc) is 2.71. The number of ether oxygens (including phenoxy) is 2. The molecule has 1 heterocycles. The number of rotatable bonds is 7. The van der Waals surface area contributed by atoms with Crippen LogP contribution in [0.5, 0.6) is 17.2 Å². The van der Waals surface area contributed by atoms with Crippen molar-refractivity contribution in [3.05, 3.63) is 83.7 Å². The fourth-order valence-corrected chi connectivity index (χ4v) is 2.70. The van der Waals surface area contributed by atoms with E-state index in [1.54, 1.807) is 48.8 Å². The van der Waals surface area contributed by atoms with Crippen LogP contribution in [0.4, 0.5) is 0 Å². The molecule has 0 saturated carbocycles. The number of hydrogen-bond donors (Lipinski definition) is 2. The van der Waals surface area contributed by atoms with Crippen LogP contribution in [-0.2, 0) is 11.4 Å². The number of pyridine rings is 1. The molecular formula is C22H21ClN2O4. The summed E-state index contributed by atoms with van der Waals surface area (Å²) in [6.45, 7) is 0.328. The molecule has 7 heteroatoms. The number of hydrogen-bond acceptors (Lipinski definition) is 5. The monoisotopic (exact) mass is 412 g/mol. The van der Waals surface area contributed by atoms with Crippen molar-refractivity contribution in [1.82, 2.24) is 4.98 Å². The molecule has 6 nitrogen and oxygen atoms in total. The van der Waals surface area contributed by atoms with E-state index in [1.807, 2.05) is 18.2 Å². The molecule has 0 aliphatic heterocycles. The van der Waals surface area contributed by atoms with Crippen LogP contribution < -0.4 is 15.2 Å². The summed E-state index contributed by atoms with van der Waals surface area (Å²) in [6, 6.07) is 15.7. The SMILES string of the molecule is COc1ccc(/C=C(/C(N)=O)c2ccccc2OCc2ccncc2)cc1O.Cl. The molecule has 150 valence electrons. The van der Waals surface area contributed by atoms with E-state index in [1.165, 1.54) is 13.2 Å². The summed E-state index contributed by atoms with van der Waals surface area (Å²) in [5.41, 5.74) is 8.03. The Labute approximate surface area is 175 Å². The Morgan fingerprint density at radius 2 is 1.83 bits per heavy atom. The van der Waals surface area contributed by atoms with Gasteiger partial charge in [0, 0.05) is 18.0 Å². The largest absolute Gasteiger partial charge is 0.504 e. The van der Waals surface area contributed by atoms with Crippen LogP contribution in [-0.4, -0.2) is 23.1 Å². The fourth-order valence-electron chi connectivity index (χ4n) is 2.70. The van der Waals surface area contributed by atoms with Crippen molar-refractivity contribution < 1.29 is 19.4 Å². The molecule has 1 aromatic heterocycles. The van der Waals surface area contributed by atoms with Crippen molar-refractivity contribution in [1.29, 1.82) is 0 Å². The lowest BCUT2D eigenvalue weighted by molar-refractivity contribution is -0.112. The van der Waals surface area contributed by atoms with E-state index < -0.39 is 5.91 Å². The molecule has 1 amide bonds. The van der Waals surface area contributed by atoms with Crippen LogP contribution in [0, 0.1) is 0 Å². The molecule has 3 rings (SSSR count). The van der Waals surface area contributed by atoms with Gasteiger partial charge in [0.15, 0.2) is 11.5 Å². The number of halogens is 1. The highest BCUT2D eigenvalue weighted by Gasteiger charge is 2.14. The topological polar surface area (TPSA) is 94.7 Å². The second kappa shape index (κ2) is 10.1. The number of benzene rings is 2. The second-order valence-corrected chi connectivity index (χ2v) is 5.99. The summed E-state index contributed by atoms with van der Waals surface area (Å²) in [6.07, 6.45) is 4.99. The summed E-state index contributed by atoms with van der Waals surface area (Å²) in [7, 11) is 1.47. The van der Waals surface area contributed by atoms with E-state index in [0.717, 1.165) is 5.56 Å². The Bertz CT molecular complexity index is 1010. The summed E-state index contributed by atoms with van der Waals surface area (Å²) in [5.74, 6) is 0.249. The molecular weight excluding hydrogens is 392 g/mol. The molecule has 0 unspecified atom stereocenters. The molecule has 0 aliphatic carbocycles. The molecule has 0 radical (unpaired) electrons. The number of phenols is 1. The number of carbonyl (C=O) groups excluding carboxylic acids is 1. The van der Waals surface area contributed by atoms with Gasteiger partial charge in [-0.15, -0.1) is 12.4 Å². The van der Waals surface area contributed by atoms with Gasteiger partial charge in [0.05, 0.1) is 12.7 Å². The summed E-state index contributed by atoms with van der Waals surface area (Å²) >= 11 is 0. The van der Waals surface area contributed by atoms with Gasteiger partial charge in [0.1, 0.15) is 12.4 Å². The smallest absolute Gasteiger partial charge is 0.249 e. The van der Waals surface area contributed by atoms with E-state index in [4.69, 9.17) is 15.2 Å². The molecule has 0 saturated heterocycles. The predicted octanol–water partition coefficient (Wildman–Crippen LogP) is 3.82. The first kappa shape index (κ1) is 21.8. The predicted molar refractivity (Wildman–Crippen MR) is 114 cm³/mol. The Morgan fingerprint density at radius 3 is 2.48 bits per heavy atom. The maximum Gasteiger partial charge on any atom is 0.249 e. The van der Waals surface area contributed by atoms with Crippen molar-refractivity contribution >= 4 is 30.0 Å². The van der Waals surface area contributed by atoms with Gasteiger partial charge in [-0.25, -0.2) is 0 Å². The minimum atomic E-state index is -0.602. The zero-order valence-corrected chi connectivity index (χ0v) is 16.6. The number of amides is 1. The number of carbonyl (C=O) groups is 1. The first-order valence-corrected chi connectivity index (χ1v) is 8.58. The summed E-state index contributed by atoms with van der Waals surface area (Å²) in [5, 5.41) is 9.98. The van der Waals surface area contributed by atoms with E-state index in [-0.39, 0.29) is 23.7 Å². The number of aromatic nitrogens is 1. The molecule has 0 spiro atoms. The number of para-hydroxylation sites is 1. The normalized spacial score (nSPS) is 10.7. The van der Waals surface area contributed by atoms with Crippen LogP contribution in [0.3, 0.4) is 0 Å². The third kappa shape index (κ3) is 5.49. The molecule has 0 bridgehead atoms. The Kier molecular flexibility index (Phi) is 7.62. The molecule has 0 aliphatic rings. The first-order valence-electron chi connectivity index (χ1n) is 8.58. The van der Waals surface area contributed by atoms with Crippen molar-refractivity contribution in [2.45, 2.75) is 6.61 Å². The van der Waals surface area contributed by atoms with Gasteiger partial charge in [0.25, 0.3) is 0 Å². The van der Waals surface area contributed by atoms with E-state index in [0.29, 0.717) is 29.2 Å². The molecule has 3 aromatic rings. The third-order valence-electron chi connectivity index (χ3n) is 4.10. The second-order valence-electron chi connectivity index (χ2n) is 5.99. The van der Waals surface area contributed by atoms with Gasteiger partial charge in [-0.3, -0.25) is 9.78 Å². The van der Waals surface area contributed by atoms with Gasteiger partial charge in [0.2, 0.25) is 5.91 Å². The van der Waals surface area contributed by atoms with Crippen LogP contribution >= 0.6 is 12.4 Å². The van der Waals surface area contributed by atoms with Crippen LogP contribution in [0.1, 0.15) is 16.7 Å². The van der Waals surface area contributed by atoms with Crippen molar-refractivity contribution in [3.63, 3.8) is 0 Å². The Hall–Kier alpha value is -3.51. The average molecular weight is 413 g/mol. The standard InChI is InChI=1S/C22H20N2O4.ClH/c1-27-21-7-6-16(13-19(21)25)12-18(22(23)26)17-4-2-3-5-20(17)28-14-15-8-10-24-11-9-15;/h2-13,25H,14H2,1H3,(H2,23,26);1H/b18-12+;. The first-order chi connectivity index (χ1) is 13.6. The lowest BCUT2D eigenvalue weighted by Gasteiger charge is -2.13. The Balaban J connectivity index is 0.00000300. The van der Waals surface area contributed by atoms with Crippen molar-refractivity contribution in [2.24, 2.45) is 5.73 Å². The van der Waals surface area contributed by atoms with Gasteiger partial charge < -0.3 is 20.3 Å². The fraction of sp³-hybridized carbons (Fsp3) is 0.0909. The number of nitrogens with zero attached hydrogens (tertiary/aromatic N) is 1. The highest BCUT2D eigenvalue weighted by molar-refractivity contribution is 6.24. The maximum atomic E-state index is 12.1. The number of primary amides is 1. The molecule has 0 fully saturated rings. The molecule has 29 heavy (non-hydrogen) atoms. The zero-order valence-electron chi connectivity index (χ0n) is 15.7. The van der Waals surface area contributed by atoms with E-state index >= 15 is 0 Å². The number of phenolic OH excluding ortho intramolecular Hbond substituents is 1. The zero-order chi connectivity index (χ0) is 19.9. The minimum Gasteiger partial charge on any atom is -0.504 e. The maximum absolute atomic E-state index is 12.1. The number of methoxy groups -OCH3 is 1. The van der Waals surface area contributed by atoms with Crippen LogP contribution in [0.25, 0.3) is 11.6 Å². The number of aromatic hydroxyl groups is 1. The van der Waals surface area contributed by atoms with E-state index in [9.17, 15) is 9.90 Å². The minimum absolute atomic E-state index is 0. The quantitative estimate of drug-likeness (QED) is 0.454. The van der Waals surface area contributed by atoms with E-state index in [2.05, 4.69) is 4.98 Å². The lowest BCUT2D eigenvalue weighted by Crippen LogP contribution is -2.13. The highest BCUT2D eigenvalue weighted by Crippen LogP contribution is 2.31. The lowest BCUT2D eigenvalue weighted by atomic mass is 10.0. The molecule has 0 atom stereocenters. The number of nitrogens with two attached hydrogens (primary N) is 1. The van der Waals surface area contributed by atoms with Crippen LogP contribution in [0.15, 0.2) is 67.0 Å². The molecule has 2 aromatic carbocycles. The molecule has 3 N–H and O–H groups in total. The third-order valence-corrected chi connectivity index (χ3v) is 4.10. The van der Waals surface area contributed by atoms with Crippen LogP contribution in [0.2, 0.25) is 0 Å². The summed E-state index contributed by atoms with van der Waals surface area (Å²) < 4.78 is 10.9. The van der Waals surface area contributed by atoms with Crippen molar-refractivity contribution in [3.8, 4) is 17.2 Å². The van der Waals surface area contributed by atoms with Gasteiger partial charge in [-0.1, -0.05) is 24.3 Å². The highest BCUT2D eigenvalue weighted by atomic mass is 35.5. The van der Waals surface area contributed by atoms with Gasteiger partial charge in [-0.2, -0.15) is 0 Å². The Morgan fingerprint density at radius 1 is 1.10 bits per heavy atom.